The maximum Gasteiger partial charge on any atom is 0.524 e. The average molecular weight is 623 g/mol. The van der Waals surface area contributed by atoms with Crippen molar-refractivity contribution in [3.05, 3.63) is 41.5 Å². The van der Waals surface area contributed by atoms with Gasteiger partial charge in [-0.1, -0.05) is 37.6 Å². The lowest BCUT2D eigenvalue weighted by atomic mass is 9.76. The predicted molar refractivity (Wildman–Crippen MR) is 162 cm³/mol. The molecule has 0 heterocycles. The molecule has 10 nitrogen and oxygen atoms in total. The van der Waals surface area contributed by atoms with E-state index in [1.54, 1.807) is 25.1 Å². The fourth-order valence-electron chi connectivity index (χ4n) is 6.70. The topological polar surface area (TPSA) is 143 Å². The number of esters is 1. The van der Waals surface area contributed by atoms with Crippen molar-refractivity contribution in [3.63, 3.8) is 0 Å². The van der Waals surface area contributed by atoms with Crippen molar-refractivity contribution in [2.24, 2.45) is 29.6 Å². The van der Waals surface area contributed by atoms with Crippen LogP contribution in [0, 0.1) is 41.4 Å². The van der Waals surface area contributed by atoms with Crippen molar-refractivity contribution in [3.8, 4) is 17.6 Å². The summed E-state index contributed by atoms with van der Waals surface area (Å²) in [5.74, 6) is 6.42. The van der Waals surface area contributed by atoms with E-state index in [9.17, 15) is 29.4 Å². The van der Waals surface area contributed by atoms with Gasteiger partial charge in [0.1, 0.15) is 32.1 Å². The van der Waals surface area contributed by atoms with Crippen LogP contribution in [-0.4, -0.2) is 83.1 Å². The van der Waals surface area contributed by atoms with Crippen LogP contribution in [0.1, 0.15) is 52.0 Å². The molecule has 0 amide bonds. The first kappa shape index (κ1) is 35.3. The van der Waals surface area contributed by atoms with Crippen molar-refractivity contribution in [1.29, 1.82) is 0 Å². The fraction of sp³-hybridized carbons (Fsp3) is 0.656. The van der Waals surface area contributed by atoms with Crippen LogP contribution in [0.5, 0.6) is 5.75 Å². The van der Waals surface area contributed by atoms with Gasteiger partial charge in [0.05, 0.1) is 32.9 Å². The Bertz CT molecular complexity index is 1220. The molecule has 2 fully saturated rings. The monoisotopic (exact) mass is 622 g/mol. The Morgan fingerprint density at radius 2 is 1.93 bits per heavy atom. The van der Waals surface area contributed by atoms with Crippen LogP contribution in [-0.2, 0) is 25.4 Å². The number of quaternary nitrogens is 1. The van der Waals surface area contributed by atoms with E-state index < -0.39 is 26.0 Å². The summed E-state index contributed by atoms with van der Waals surface area (Å²) >= 11 is 0. The largest absolute Gasteiger partial charge is 0.524 e. The van der Waals surface area contributed by atoms with Crippen LogP contribution in [0.3, 0.4) is 0 Å². The van der Waals surface area contributed by atoms with E-state index in [1.165, 1.54) is 11.6 Å². The summed E-state index contributed by atoms with van der Waals surface area (Å²) in [5, 5.41) is 21.7. The van der Waals surface area contributed by atoms with E-state index in [-0.39, 0.29) is 36.7 Å². The van der Waals surface area contributed by atoms with E-state index in [0.29, 0.717) is 48.0 Å². The van der Waals surface area contributed by atoms with Gasteiger partial charge in [0.25, 0.3) is 0 Å². The molecule has 0 spiro atoms. The van der Waals surface area contributed by atoms with Crippen molar-refractivity contribution in [2.75, 3.05) is 40.5 Å². The number of fused-ring (bicyclic) bond motifs is 1. The molecule has 0 saturated heterocycles. The summed E-state index contributed by atoms with van der Waals surface area (Å²) < 4.78 is 27.4. The van der Waals surface area contributed by atoms with Crippen LogP contribution >= 0.6 is 7.82 Å². The van der Waals surface area contributed by atoms with Gasteiger partial charge in [-0.3, -0.25) is 9.79 Å². The van der Waals surface area contributed by atoms with Crippen LogP contribution in [0.15, 0.2) is 35.9 Å². The third-order valence-corrected chi connectivity index (χ3v) is 9.33. The Morgan fingerprint density at radius 1 is 1.21 bits per heavy atom. The number of likely N-dealkylation sites (N-methyl/N-ethyl adjacent to an activating group) is 1. The summed E-state index contributed by atoms with van der Waals surface area (Å²) in [4.78, 5) is 30.6. The van der Waals surface area contributed by atoms with Gasteiger partial charge in [-0.2, -0.15) is 0 Å². The number of aliphatic hydroxyl groups is 2. The zero-order chi connectivity index (χ0) is 31.8. The van der Waals surface area contributed by atoms with Gasteiger partial charge in [0.15, 0.2) is 0 Å². The Labute approximate surface area is 255 Å². The molecule has 0 aromatic heterocycles. The van der Waals surface area contributed by atoms with Gasteiger partial charge in [-0.15, -0.1) is 11.8 Å². The minimum Gasteiger partial charge on any atom is -0.458 e. The molecular weight excluding hydrogens is 573 g/mol. The molecule has 0 aliphatic heterocycles. The molecule has 0 radical (unpaired) electrons. The first-order valence-corrected chi connectivity index (χ1v) is 16.6. The number of para-hydroxylation sites is 1. The number of allylic oxidation sites excluding steroid dienone is 1. The lowest BCUT2D eigenvalue weighted by molar-refractivity contribution is -0.903. The number of carbonyl (C=O) groups excluding carboxylic acids is 1. The van der Waals surface area contributed by atoms with E-state index >= 15 is 0 Å². The van der Waals surface area contributed by atoms with Crippen LogP contribution < -0.4 is 4.52 Å². The molecule has 2 aliphatic rings. The minimum absolute atomic E-state index is 0.0181. The second-order valence-electron chi connectivity index (χ2n) is 12.8. The van der Waals surface area contributed by atoms with E-state index in [0.717, 1.165) is 19.3 Å². The zero-order valence-corrected chi connectivity index (χ0v) is 26.9. The van der Waals surface area contributed by atoms with Crippen LogP contribution in [0.2, 0.25) is 0 Å². The number of hydrogen-bond donors (Lipinski definition) is 4. The summed E-state index contributed by atoms with van der Waals surface area (Å²) in [6, 6.07) is 6.67. The van der Waals surface area contributed by atoms with E-state index in [4.69, 9.17) is 14.0 Å². The molecule has 1 aromatic carbocycles. The minimum atomic E-state index is -4.68. The Hall–Kier alpha value is -2.22. The van der Waals surface area contributed by atoms with Crippen molar-refractivity contribution in [2.45, 2.75) is 65.2 Å². The molecule has 2 aliphatic carbocycles. The number of aliphatic hydroxyl groups excluding tert-OH is 2. The molecule has 3 unspecified atom stereocenters. The van der Waals surface area contributed by atoms with Crippen molar-refractivity contribution in [1.82, 2.24) is 0 Å². The molecule has 240 valence electrons. The normalized spacial score (nSPS) is 25.0. The molecule has 11 heteroatoms. The number of rotatable bonds is 15. The summed E-state index contributed by atoms with van der Waals surface area (Å²) in [6.45, 7) is 7.07. The first-order chi connectivity index (χ1) is 20.2. The van der Waals surface area contributed by atoms with E-state index in [1.807, 2.05) is 34.0 Å². The molecule has 3 rings (SSSR count). The molecule has 1 aromatic rings. The molecule has 4 N–H and O–H groups in total. The SMILES string of the molecule is CC#CCC(C)[C@H](O)C(C)C1[C@H](O)C[C@@H]2C/C(=C\COCC(=O)OCC[N+](C)(C)Cc3ccccc3OP(=O)(O)O)C[C@H]12. The molecule has 43 heavy (non-hydrogen) atoms. The van der Waals surface area contributed by atoms with Crippen LogP contribution in [0.4, 0.5) is 0 Å². The summed E-state index contributed by atoms with van der Waals surface area (Å²) in [6.07, 6.45) is 4.29. The molecule has 7 atom stereocenters. The smallest absolute Gasteiger partial charge is 0.458 e. The average Bonchev–Trinajstić information content (AvgIpc) is 3.44. The highest BCUT2D eigenvalue weighted by Crippen LogP contribution is 2.53. The first-order valence-electron chi connectivity index (χ1n) is 15.0. The number of phosphoric acid groups is 1. The highest BCUT2D eigenvalue weighted by molar-refractivity contribution is 7.46. The number of carbonyl (C=O) groups is 1. The van der Waals surface area contributed by atoms with Crippen molar-refractivity contribution >= 4 is 13.8 Å². The number of hydrogen-bond acceptors (Lipinski definition) is 7. The third-order valence-electron chi connectivity index (χ3n) is 8.90. The molecular formula is C32H49NO9P+. The lowest BCUT2D eigenvalue weighted by Crippen LogP contribution is -2.42. The number of nitrogens with zero attached hydrogens (tertiary/aromatic N) is 1. The van der Waals surface area contributed by atoms with E-state index in [2.05, 4.69) is 11.8 Å². The lowest BCUT2D eigenvalue weighted by Gasteiger charge is -2.33. The summed E-state index contributed by atoms with van der Waals surface area (Å²) in [5.41, 5.74) is 1.91. The number of ether oxygens (including phenoxy) is 2. The second kappa shape index (κ2) is 15.7. The van der Waals surface area contributed by atoms with Gasteiger partial charge in [0, 0.05) is 12.0 Å². The van der Waals surface area contributed by atoms with Gasteiger partial charge in [-0.05, 0) is 67.9 Å². The third kappa shape index (κ3) is 10.7. The standard InChI is InChI=1S/C32H48NO9P/c1-6-7-10-22(2)32(36)23(3)31-27-18-24(17-26(27)19-28(31)34)13-15-40-21-30(35)41-16-14-33(4,5)20-25-11-8-9-12-29(25)42-43(37,38)39/h8-9,11-13,22-23,26-28,31-32,34,36H,10,14-21H2,1-5H3,(H-,37,38,39)/p+1/b24-13+/t22?,23?,26-,27-,28+,31?,32-/m0/s1. The van der Waals surface area contributed by atoms with Gasteiger partial charge < -0.3 is 28.7 Å². The van der Waals surface area contributed by atoms with Gasteiger partial charge in [-0.25, -0.2) is 9.36 Å². The highest BCUT2D eigenvalue weighted by atomic mass is 31.2. The molecule has 0 bridgehead atoms. The zero-order valence-electron chi connectivity index (χ0n) is 26.0. The summed E-state index contributed by atoms with van der Waals surface area (Å²) in [7, 11) is -0.827. The Kier molecular flexibility index (Phi) is 12.9. The number of phosphoric ester groups is 1. The fourth-order valence-corrected chi connectivity index (χ4v) is 7.13. The maximum absolute atomic E-state index is 12.3. The van der Waals surface area contributed by atoms with Gasteiger partial charge in [0.2, 0.25) is 0 Å². The van der Waals surface area contributed by atoms with Gasteiger partial charge >= 0.3 is 13.8 Å². The van der Waals surface area contributed by atoms with Crippen molar-refractivity contribution < 1.29 is 47.8 Å². The second-order valence-corrected chi connectivity index (χ2v) is 13.9. The highest BCUT2D eigenvalue weighted by Gasteiger charge is 2.49. The maximum atomic E-state index is 12.3. The molecule has 2 saturated carbocycles. The Balaban J connectivity index is 1.40. The van der Waals surface area contributed by atoms with Crippen LogP contribution in [0.25, 0.3) is 0 Å². The quantitative estimate of drug-likeness (QED) is 0.0576. The Morgan fingerprint density at radius 3 is 2.63 bits per heavy atom. The number of benzene rings is 1. The predicted octanol–water partition coefficient (Wildman–Crippen LogP) is 3.67.